The molecule has 3 heteroatoms. The molecule has 2 nitrogen and oxygen atoms in total. The molecule has 1 saturated carbocycles. The fraction of sp³-hybridized carbons (Fsp3) is 0.800. The van der Waals surface area contributed by atoms with Crippen molar-refractivity contribution < 1.29 is 9.09 Å². The molecule has 0 bridgehead atoms. The van der Waals surface area contributed by atoms with E-state index in [1.807, 2.05) is 12.2 Å². The maximum atomic E-state index is 12.0. The summed E-state index contributed by atoms with van der Waals surface area (Å²) >= 11 is 0. The first-order valence-corrected chi connectivity index (χ1v) is 7.11. The summed E-state index contributed by atoms with van der Waals surface area (Å²) in [5, 5.41) is 0. The average Bonchev–Trinajstić information content (AvgIpc) is 2.64. The SMILES string of the molecule is C[C@H]1CCC[C@@H]1OP1(=O)CC=CC1. The highest BCUT2D eigenvalue weighted by molar-refractivity contribution is 7.59. The van der Waals surface area contributed by atoms with Gasteiger partial charge in [-0.2, -0.15) is 0 Å². The standard InChI is InChI=1S/C10H17O2P/c1-9-5-4-6-10(9)12-13(11)7-2-3-8-13/h2-3,9-10H,4-8H2,1H3/t9-,10-/m0/s1. The summed E-state index contributed by atoms with van der Waals surface area (Å²) in [5.74, 6) is 0.603. The molecule has 74 valence electrons. The zero-order valence-electron chi connectivity index (χ0n) is 8.11. The highest BCUT2D eigenvalue weighted by Crippen LogP contribution is 2.53. The summed E-state index contributed by atoms with van der Waals surface area (Å²) in [7, 11) is -2.27. The lowest BCUT2D eigenvalue weighted by atomic mass is 10.1. The third-order valence-corrected chi connectivity index (χ3v) is 5.23. The van der Waals surface area contributed by atoms with Crippen molar-refractivity contribution in [3.05, 3.63) is 12.2 Å². The summed E-state index contributed by atoms with van der Waals surface area (Å²) < 4.78 is 17.8. The van der Waals surface area contributed by atoms with E-state index in [0.29, 0.717) is 18.2 Å². The molecule has 2 atom stereocenters. The van der Waals surface area contributed by atoms with Gasteiger partial charge in [0.2, 0.25) is 7.37 Å². The van der Waals surface area contributed by atoms with E-state index >= 15 is 0 Å². The quantitative estimate of drug-likeness (QED) is 0.506. The molecule has 0 aromatic rings. The van der Waals surface area contributed by atoms with Crippen molar-refractivity contribution in [2.24, 2.45) is 5.92 Å². The summed E-state index contributed by atoms with van der Waals surface area (Å²) in [4.78, 5) is 0. The van der Waals surface area contributed by atoms with Gasteiger partial charge >= 0.3 is 0 Å². The molecule has 0 N–H and O–H groups in total. The smallest absolute Gasteiger partial charge is 0.210 e. The normalized spacial score (nSPS) is 37.0. The van der Waals surface area contributed by atoms with Crippen molar-refractivity contribution in [1.29, 1.82) is 0 Å². The first-order chi connectivity index (χ1) is 6.20. The summed E-state index contributed by atoms with van der Waals surface area (Å²) in [6.07, 6.45) is 9.14. The Kier molecular flexibility index (Phi) is 2.62. The Labute approximate surface area is 79.8 Å². The lowest BCUT2D eigenvalue weighted by Gasteiger charge is -2.21. The third-order valence-electron chi connectivity index (χ3n) is 3.04. The molecule has 0 unspecified atom stereocenters. The van der Waals surface area contributed by atoms with Crippen LogP contribution >= 0.6 is 7.37 Å². The zero-order chi connectivity index (χ0) is 9.31. The first-order valence-electron chi connectivity index (χ1n) is 5.11. The van der Waals surface area contributed by atoms with Crippen molar-refractivity contribution in [1.82, 2.24) is 0 Å². The predicted molar refractivity (Wildman–Crippen MR) is 54.4 cm³/mol. The second-order valence-corrected chi connectivity index (χ2v) is 6.77. The molecule has 0 radical (unpaired) electrons. The van der Waals surface area contributed by atoms with E-state index in [1.165, 1.54) is 12.8 Å². The van der Waals surface area contributed by atoms with E-state index in [-0.39, 0.29) is 6.10 Å². The molecule has 0 aromatic carbocycles. The Hall–Kier alpha value is -0.0700. The maximum Gasteiger partial charge on any atom is 0.210 e. The number of hydrogen-bond acceptors (Lipinski definition) is 2. The van der Waals surface area contributed by atoms with E-state index in [2.05, 4.69) is 6.92 Å². The zero-order valence-corrected chi connectivity index (χ0v) is 9.00. The second-order valence-electron chi connectivity index (χ2n) is 4.20. The molecular formula is C10H17O2P. The maximum absolute atomic E-state index is 12.0. The van der Waals surface area contributed by atoms with Crippen molar-refractivity contribution >= 4 is 7.37 Å². The molecule has 0 saturated heterocycles. The first kappa shape index (κ1) is 9.48. The summed E-state index contributed by atoms with van der Waals surface area (Å²) in [6.45, 7) is 2.20. The van der Waals surface area contributed by atoms with Gasteiger partial charge in [0.1, 0.15) is 0 Å². The Morgan fingerprint density at radius 3 is 2.54 bits per heavy atom. The van der Waals surface area contributed by atoms with Crippen molar-refractivity contribution in [2.75, 3.05) is 12.3 Å². The highest BCUT2D eigenvalue weighted by Gasteiger charge is 2.33. The van der Waals surface area contributed by atoms with Crippen molar-refractivity contribution in [2.45, 2.75) is 32.3 Å². The second kappa shape index (κ2) is 3.59. The van der Waals surface area contributed by atoms with Crippen LogP contribution in [0.25, 0.3) is 0 Å². The van der Waals surface area contributed by atoms with Crippen molar-refractivity contribution in [3.63, 3.8) is 0 Å². The molecule has 0 aromatic heterocycles. The van der Waals surface area contributed by atoms with Crippen LogP contribution in [-0.2, 0) is 9.09 Å². The molecule has 0 spiro atoms. The van der Waals surface area contributed by atoms with Crippen LogP contribution in [0.5, 0.6) is 0 Å². The Morgan fingerprint density at radius 2 is 2.00 bits per heavy atom. The number of rotatable bonds is 2. The van der Waals surface area contributed by atoms with Crippen LogP contribution in [-0.4, -0.2) is 18.4 Å². The van der Waals surface area contributed by atoms with Crippen molar-refractivity contribution in [3.8, 4) is 0 Å². The van der Waals surface area contributed by atoms with Gasteiger partial charge in [0, 0.05) is 12.3 Å². The summed E-state index contributed by atoms with van der Waals surface area (Å²) in [6, 6.07) is 0. The molecule has 2 aliphatic rings. The average molecular weight is 200 g/mol. The molecule has 1 aliphatic heterocycles. The molecule has 1 aliphatic carbocycles. The van der Waals surface area contributed by atoms with Gasteiger partial charge in [-0.15, -0.1) is 0 Å². The van der Waals surface area contributed by atoms with Gasteiger partial charge in [0.15, 0.2) is 0 Å². The summed E-state index contributed by atoms with van der Waals surface area (Å²) in [5.41, 5.74) is 0. The van der Waals surface area contributed by atoms with Crippen LogP contribution in [0, 0.1) is 5.92 Å². The van der Waals surface area contributed by atoms with E-state index in [4.69, 9.17) is 4.52 Å². The Bertz CT molecular complexity index is 248. The van der Waals surface area contributed by atoms with E-state index in [9.17, 15) is 4.57 Å². The third kappa shape index (κ3) is 2.05. The molecule has 0 amide bonds. The fourth-order valence-electron chi connectivity index (χ4n) is 2.15. The monoisotopic (exact) mass is 200 g/mol. The van der Waals surface area contributed by atoms with E-state index in [0.717, 1.165) is 6.42 Å². The topological polar surface area (TPSA) is 26.3 Å². The van der Waals surface area contributed by atoms with Crippen LogP contribution in [0.4, 0.5) is 0 Å². The van der Waals surface area contributed by atoms with E-state index < -0.39 is 7.37 Å². The Balaban J connectivity index is 1.93. The van der Waals surface area contributed by atoms with Gasteiger partial charge in [-0.3, -0.25) is 4.57 Å². The van der Waals surface area contributed by atoms with Gasteiger partial charge in [-0.05, 0) is 18.8 Å². The minimum atomic E-state index is -2.27. The van der Waals surface area contributed by atoms with Crippen LogP contribution in [0.2, 0.25) is 0 Å². The minimum Gasteiger partial charge on any atom is -0.324 e. The Morgan fingerprint density at radius 1 is 1.31 bits per heavy atom. The molecule has 1 fully saturated rings. The molecular weight excluding hydrogens is 183 g/mol. The number of hydrogen-bond donors (Lipinski definition) is 0. The van der Waals surface area contributed by atoms with Gasteiger partial charge in [0.05, 0.1) is 6.10 Å². The molecule has 13 heavy (non-hydrogen) atoms. The lowest BCUT2D eigenvalue weighted by molar-refractivity contribution is 0.172. The van der Waals surface area contributed by atoms with Gasteiger partial charge < -0.3 is 4.52 Å². The van der Waals surface area contributed by atoms with E-state index in [1.54, 1.807) is 0 Å². The van der Waals surface area contributed by atoms with Crippen LogP contribution in [0.15, 0.2) is 12.2 Å². The van der Waals surface area contributed by atoms with Gasteiger partial charge in [0.25, 0.3) is 0 Å². The number of allylic oxidation sites excluding steroid dienone is 2. The lowest BCUT2D eigenvalue weighted by Crippen LogP contribution is -2.14. The molecule has 2 rings (SSSR count). The predicted octanol–water partition coefficient (Wildman–Crippen LogP) is 3.04. The van der Waals surface area contributed by atoms with Crippen LogP contribution in [0.3, 0.4) is 0 Å². The van der Waals surface area contributed by atoms with Gasteiger partial charge in [-0.25, -0.2) is 0 Å². The van der Waals surface area contributed by atoms with Crippen LogP contribution in [0.1, 0.15) is 26.2 Å². The van der Waals surface area contributed by atoms with Crippen LogP contribution < -0.4 is 0 Å². The minimum absolute atomic E-state index is 0.269. The molecule has 1 heterocycles. The fourth-order valence-corrected chi connectivity index (χ4v) is 4.21. The highest BCUT2D eigenvalue weighted by atomic mass is 31.2. The van der Waals surface area contributed by atoms with Gasteiger partial charge in [-0.1, -0.05) is 25.5 Å². The largest absolute Gasteiger partial charge is 0.324 e.